The van der Waals surface area contributed by atoms with Gasteiger partial charge < -0.3 is 5.73 Å². The summed E-state index contributed by atoms with van der Waals surface area (Å²) in [5, 5.41) is 2.52. The molecule has 0 saturated carbocycles. The highest BCUT2D eigenvalue weighted by molar-refractivity contribution is 5.95. The minimum Gasteiger partial charge on any atom is -0.324 e. The molecule has 0 radical (unpaired) electrons. The highest BCUT2D eigenvalue weighted by Crippen LogP contribution is 2.46. The third-order valence-electron chi connectivity index (χ3n) is 14.8. The van der Waals surface area contributed by atoms with Crippen molar-refractivity contribution in [3.05, 3.63) is 230 Å². The van der Waals surface area contributed by atoms with Gasteiger partial charge in [-0.15, -0.1) is 5.73 Å². The standard InChI is InChI=1S/C62H61N/c1-62(2)39-12-4-3-5-24-57-58(26-15-27-59(57)62)61-55-23-11-9-18-46(55)36-38-56(61)47(32-29-44-31-37-52-48-19-7-6-16-43(40-48)30-33-49(52)41-44)20-14-28-60(63)51-21-13-25-54-50(42-51)35-34-45-17-8-10-22-53(45)54/h3-12,15-19,21-23,25-27,30-31,33-35,37,41-43,47-48,60H,14,20,24,28-29,32,36,38-40,63H2,1-2H3/b5-3-,12-4-/t43-,47?,48-,60+/m0/s1. The lowest BCUT2D eigenvalue weighted by atomic mass is 9.71. The van der Waals surface area contributed by atoms with Crippen LogP contribution in [0, 0.1) is 11.8 Å². The second kappa shape index (κ2) is 18.0. The first-order valence-electron chi connectivity index (χ1n) is 23.7. The lowest BCUT2D eigenvalue weighted by Gasteiger charge is -2.33. The van der Waals surface area contributed by atoms with E-state index in [1.807, 2.05) is 0 Å². The van der Waals surface area contributed by atoms with E-state index in [0.29, 0.717) is 17.8 Å². The molecule has 0 heterocycles. The first-order chi connectivity index (χ1) is 30.9. The zero-order valence-corrected chi connectivity index (χ0v) is 37.2. The van der Waals surface area contributed by atoms with Crippen LogP contribution >= 0.6 is 0 Å². The van der Waals surface area contributed by atoms with Gasteiger partial charge in [0.05, 0.1) is 0 Å². The molecule has 0 aromatic heterocycles. The van der Waals surface area contributed by atoms with Crippen LogP contribution in [0.3, 0.4) is 0 Å². The quantitative estimate of drug-likeness (QED) is 0.140. The summed E-state index contributed by atoms with van der Waals surface area (Å²) in [6.45, 7) is 4.85. The zero-order chi connectivity index (χ0) is 42.8. The molecule has 5 aromatic rings. The number of fused-ring (bicyclic) bond motifs is 9. The fourth-order valence-electron chi connectivity index (χ4n) is 11.3. The molecular weight excluding hydrogens is 759 g/mol. The lowest BCUT2D eigenvalue weighted by molar-refractivity contribution is 0.465. The maximum atomic E-state index is 7.17. The molecule has 1 unspecified atom stereocenters. The molecule has 5 aliphatic rings. The Morgan fingerprint density at radius 1 is 0.746 bits per heavy atom. The number of nitrogens with two attached hydrogens (primary N) is 1. The molecular formula is C62H61N. The largest absolute Gasteiger partial charge is 0.324 e. The number of allylic oxidation sites excluding steroid dienone is 10. The van der Waals surface area contributed by atoms with E-state index in [2.05, 4.69) is 196 Å². The molecule has 0 fully saturated rings. The van der Waals surface area contributed by atoms with Gasteiger partial charge in [0.2, 0.25) is 0 Å². The van der Waals surface area contributed by atoms with Crippen molar-refractivity contribution in [3.63, 3.8) is 0 Å². The topological polar surface area (TPSA) is 26.0 Å². The predicted octanol–water partition coefficient (Wildman–Crippen LogP) is 15.2. The fourth-order valence-corrected chi connectivity index (χ4v) is 11.3. The molecule has 0 amide bonds. The Morgan fingerprint density at radius 3 is 2.56 bits per heavy atom. The highest BCUT2D eigenvalue weighted by Gasteiger charge is 2.31. The summed E-state index contributed by atoms with van der Waals surface area (Å²) < 4.78 is 0. The van der Waals surface area contributed by atoms with E-state index in [9.17, 15) is 0 Å². The molecule has 0 spiro atoms. The van der Waals surface area contributed by atoms with Gasteiger partial charge in [-0.05, 0) is 171 Å². The maximum Gasteiger partial charge on any atom is 0.0301 e. The number of hydrogen-bond acceptors (Lipinski definition) is 1. The van der Waals surface area contributed by atoms with Gasteiger partial charge in [0.15, 0.2) is 0 Å². The SMILES string of the molecule is CC1(C)C/C=C\C=C/Cc2c(C3=C(C(CCC[C@@H](N)C4=Cc5ccc6ccccc6c5C=C=C4)CCc4ccc5c(c4)C=C[C@@H]4C=CC=C[C@H]5C4)CCc4ccccc43)cccc21. The van der Waals surface area contributed by atoms with Crippen molar-refractivity contribution < 1.29 is 0 Å². The van der Waals surface area contributed by atoms with Gasteiger partial charge in [-0.2, -0.15) is 0 Å². The van der Waals surface area contributed by atoms with E-state index in [0.717, 1.165) is 69.8 Å². The summed E-state index contributed by atoms with van der Waals surface area (Å²) in [6, 6.07) is 36.9. The molecule has 5 aromatic carbocycles. The minimum absolute atomic E-state index is 0.0335. The summed E-state index contributed by atoms with van der Waals surface area (Å²) in [4.78, 5) is 0. The van der Waals surface area contributed by atoms with Gasteiger partial charge >= 0.3 is 0 Å². The highest BCUT2D eigenvalue weighted by atomic mass is 14.6. The van der Waals surface area contributed by atoms with Gasteiger partial charge in [-0.3, -0.25) is 0 Å². The maximum absolute atomic E-state index is 7.17. The van der Waals surface area contributed by atoms with Crippen LogP contribution in [0.2, 0.25) is 0 Å². The summed E-state index contributed by atoms with van der Waals surface area (Å²) in [5.74, 6) is 1.38. The van der Waals surface area contributed by atoms with Crippen LogP contribution < -0.4 is 5.73 Å². The molecule has 5 aliphatic carbocycles. The van der Waals surface area contributed by atoms with Crippen molar-refractivity contribution in [2.75, 3.05) is 0 Å². The Hall–Kier alpha value is -5.98. The molecule has 2 N–H and O–H groups in total. The van der Waals surface area contributed by atoms with Gasteiger partial charge in [-0.1, -0.05) is 184 Å². The third kappa shape index (κ3) is 8.58. The van der Waals surface area contributed by atoms with Crippen LogP contribution in [-0.2, 0) is 24.7 Å². The third-order valence-corrected chi connectivity index (χ3v) is 14.8. The average Bonchev–Trinajstić information content (AvgIpc) is 3.74. The summed E-state index contributed by atoms with van der Waals surface area (Å²) in [7, 11) is 0. The predicted molar refractivity (Wildman–Crippen MR) is 270 cm³/mol. The van der Waals surface area contributed by atoms with Crippen molar-refractivity contribution in [1.29, 1.82) is 0 Å². The van der Waals surface area contributed by atoms with Crippen LogP contribution in [-0.4, -0.2) is 6.04 Å². The van der Waals surface area contributed by atoms with Crippen LogP contribution in [0.1, 0.15) is 120 Å². The molecule has 10 rings (SSSR count). The van der Waals surface area contributed by atoms with E-state index in [4.69, 9.17) is 5.73 Å². The van der Waals surface area contributed by atoms with Gasteiger partial charge in [-0.25, -0.2) is 0 Å². The van der Waals surface area contributed by atoms with E-state index < -0.39 is 0 Å². The Bertz CT molecular complexity index is 2840. The summed E-state index contributed by atoms with van der Waals surface area (Å²) >= 11 is 0. The molecule has 0 saturated heterocycles. The monoisotopic (exact) mass is 819 g/mol. The molecule has 63 heavy (non-hydrogen) atoms. The average molecular weight is 820 g/mol. The molecule has 2 bridgehead atoms. The number of rotatable bonds is 10. The van der Waals surface area contributed by atoms with Gasteiger partial charge in [0, 0.05) is 12.0 Å². The second-order valence-corrected chi connectivity index (χ2v) is 19.3. The molecule has 1 heteroatoms. The van der Waals surface area contributed by atoms with E-state index >= 15 is 0 Å². The van der Waals surface area contributed by atoms with Crippen molar-refractivity contribution in [2.45, 2.75) is 95.4 Å². The summed E-state index contributed by atoms with van der Waals surface area (Å²) in [6.07, 6.45) is 40.4. The fraction of sp³-hybridized carbons (Fsp3) is 0.274. The van der Waals surface area contributed by atoms with Crippen LogP contribution in [0.15, 0.2) is 175 Å². The molecule has 4 atom stereocenters. The minimum atomic E-state index is -0.0613. The smallest absolute Gasteiger partial charge is 0.0301 e. The Morgan fingerprint density at radius 2 is 1.60 bits per heavy atom. The zero-order valence-electron chi connectivity index (χ0n) is 37.2. The molecule has 0 aliphatic heterocycles. The Balaban J connectivity index is 1.01. The molecule has 1 nitrogen and oxygen atoms in total. The number of aryl methyl sites for hydroxylation is 2. The van der Waals surface area contributed by atoms with Crippen molar-refractivity contribution in [3.8, 4) is 0 Å². The van der Waals surface area contributed by atoms with Crippen LogP contribution in [0.25, 0.3) is 34.6 Å². The van der Waals surface area contributed by atoms with E-state index in [1.54, 1.807) is 5.57 Å². The number of benzene rings is 5. The van der Waals surface area contributed by atoms with Crippen molar-refractivity contribution >= 4 is 34.6 Å². The van der Waals surface area contributed by atoms with Crippen molar-refractivity contribution in [2.24, 2.45) is 17.6 Å². The van der Waals surface area contributed by atoms with Crippen LogP contribution in [0.4, 0.5) is 0 Å². The van der Waals surface area contributed by atoms with E-state index in [-0.39, 0.29) is 11.5 Å². The normalized spacial score (nSPS) is 21.3. The van der Waals surface area contributed by atoms with Gasteiger partial charge in [0.25, 0.3) is 0 Å². The summed E-state index contributed by atoms with van der Waals surface area (Å²) in [5.41, 5.74) is 29.1. The Kier molecular flexibility index (Phi) is 11.7. The van der Waals surface area contributed by atoms with E-state index in [1.165, 1.54) is 72.0 Å². The number of hydrogen-bond donors (Lipinski definition) is 1. The first-order valence-corrected chi connectivity index (χ1v) is 23.7. The lowest BCUT2D eigenvalue weighted by Crippen LogP contribution is -2.23. The van der Waals surface area contributed by atoms with Crippen molar-refractivity contribution in [1.82, 2.24) is 0 Å². The Labute approximate surface area is 376 Å². The first kappa shape index (κ1) is 41.1. The van der Waals surface area contributed by atoms with Crippen LogP contribution in [0.5, 0.6) is 0 Å². The van der Waals surface area contributed by atoms with Gasteiger partial charge in [0.1, 0.15) is 0 Å². The molecule has 314 valence electrons. The second-order valence-electron chi connectivity index (χ2n) is 19.3.